The van der Waals surface area contributed by atoms with E-state index in [0.29, 0.717) is 6.42 Å². The van der Waals surface area contributed by atoms with Crippen LogP contribution in [0.3, 0.4) is 0 Å². The summed E-state index contributed by atoms with van der Waals surface area (Å²) in [6.45, 7) is 3.73. The highest BCUT2D eigenvalue weighted by Crippen LogP contribution is 2.34. The molecule has 0 spiro atoms. The maximum Gasteiger partial charge on any atom is 0.134 e. The fourth-order valence-corrected chi connectivity index (χ4v) is 1.84. The topological polar surface area (TPSA) is 20.2 Å². The number of hydrogen-bond donors (Lipinski definition) is 1. The van der Waals surface area contributed by atoms with Gasteiger partial charge in [-0.15, -0.1) is 0 Å². The normalized spacial score (nSPS) is 43.5. The first kappa shape index (κ1) is 9.90. The van der Waals surface area contributed by atoms with Crippen LogP contribution in [0.1, 0.15) is 26.7 Å². The molecule has 1 N–H and O–H groups in total. The van der Waals surface area contributed by atoms with E-state index in [2.05, 4.69) is 0 Å². The van der Waals surface area contributed by atoms with E-state index < -0.39 is 18.4 Å². The fraction of sp³-hybridized carbons (Fsp3) is 1.00. The first-order valence-corrected chi connectivity index (χ1v) is 4.48. The molecule has 12 heavy (non-hydrogen) atoms. The van der Waals surface area contributed by atoms with Crippen molar-refractivity contribution in [2.24, 2.45) is 11.8 Å². The summed E-state index contributed by atoms with van der Waals surface area (Å²) in [6, 6.07) is 0. The van der Waals surface area contributed by atoms with Gasteiger partial charge in [0.2, 0.25) is 0 Å². The molecule has 72 valence electrons. The molecule has 3 heteroatoms. The first-order valence-electron chi connectivity index (χ1n) is 4.48. The second kappa shape index (κ2) is 3.69. The lowest BCUT2D eigenvalue weighted by molar-refractivity contribution is -0.0228. The van der Waals surface area contributed by atoms with Crippen molar-refractivity contribution in [3.8, 4) is 0 Å². The second-order valence-electron chi connectivity index (χ2n) is 3.99. The van der Waals surface area contributed by atoms with Crippen LogP contribution >= 0.6 is 0 Å². The van der Waals surface area contributed by atoms with Crippen LogP contribution in [0.5, 0.6) is 0 Å². The zero-order valence-corrected chi connectivity index (χ0v) is 7.50. The molecule has 0 amide bonds. The molecule has 1 fully saturated rings. The average molecular weight is 178 g/mol. The molecule has 4 atom stereocenters. The van der Waals surface area contributed by atoms with Crippen molar-refractivity contribution in [1.82, 2.24) is 0 Å². The minimum absolute atomic E-state index is 0.0373. The highest BCUT2D eigenvalue weighted by Gasteiger charge is 2.38. The van der Waals surface area contributed by atoms with Crippen LogP contribution in [0.4, 0.5) is 8.78 Å². The number of alkyl halides is 2. The summed E-state index contributed by atoms with van der Waals surface area (Å²) in [7, 11) is 0. The molecule has 4 unspecified atom stereocenters. The van der Waals surface area contributed by atoms with Gasteiger partial charge in [0, 0.05) is 6.42 Å². The van der Waals surface area contributed by atoms with Crippen molar-refractivity contribution in [2.75, 3.05) is 0 Å². The van der Waals surface area contributed by atoms with Crippen LogP contribution in [0, 0.1) is 11.8 Å². The molecule has 0 aromatic carbocycles. The molecule has 0 saturated heterocycles. The molecular formula is C9H16F2O. The monoisotopic (exact) mass is 178 g/mol. The molecule has 0 aliphatic heterocycles. The summed E-state index contributed by atoms with van der Waals surface area (Å²) in [6.07, 6.45) is -3.14. The highest BCUT2D eigenvalue weighted by molar-refractivity contribution is 4.87. The van der Waals surface area contributed by atoms with E-state index in [4.69, 9.17) is 0 Å². The molecule has 1 rings (SSSR count). The molecule has 0 radical (unpaired) electrons. The lowest BCUT2D eigenvalue weighted by atomic mass is 9.78. The van der Waals surface area contributed by atoms with E-state index in [1.807, 2.05) is 13.8 Å². The van der Waals surface area contributed by atoms with Crippen molar-refractivity contribution in [1.29, 1.82) is 0 Å². The maximum absolute atomic E-state index is 13.2. The Balaban J connectivity index is 2.60. The Bertz CT molecular complexity index is 149. The minimum Gasteiger partial charge on any atom is -0.393 e. The van der Waals surface area contributed by atoms with Crippen molar-refractivity contribution in [3.63, 3.8) is 0 Å². The van der Waals surface area contributed by atoms with E-state index in [1.54, 1.807) is 0 Å². The van der Waals surface area contributed by atoms with Crippen LogP contribution < -0.4 is 0 Å². The van der Waals surface area contributed by atoms with E-state index in [0.717, 1.165) is 0 Å². The molecule has 0 bridgehead atoms. The van der Waals surface area contributed by atoms with Crippen molar-refractivity contribution in [2.45, 2.75) is 45.1 Å². The Labute approximate surface area is 71.8 Å². The Morgan fingerprint density at radius 2 is 1.83 bits per heavy atom. The minimum atomic E-state index is -1.47. The van der Waals surface area contributed by atoms with Gasteiger partial charge >= 0.3 is 0 Å². The predicted molar refractivity (Wildman–Crippen MR) is 43.4 cm³/mol. The van der Waals surface area contributed by atoms with Crippen molar-refractivity contribution in [3.05, 3.63) is 0 Å². The van der Waals surface area contributed by atoms with E-state index in [9.17, 15) is 13.9 Å². The third kappa shape index (κ3) is 1.94. The van der Waals surface area contributed by atoms with Crippen LogP contribution in [-0.2, 0) is 0 Å². The Morgan fingerprint density at radius 1 is 1.25 bits per heavy atom. The quantitative estimate of drug-likeness (QED) is 0.651. The smallest absolute Gasteiger partial charge is 0.134 e. The predicted octanol–water partition coefficient (Wildman–Crippen LogP) is 2.09. The van der Waals surface area contributed by atoms with Gasteiger partial charge in [0.1, 0.15) is 12.3 Å². The van der Waals surface area contributed by atoms with E-state index >= 15 is 0 Å². The zero-order chi connectivity index (χ0) is 9.30. The van der Waals surface area contributed by atoms with Gasteiger partial charge in [-0.1, -0.05) is 13.8 Å². The first-order chi connectivity index (χ1) is 5.52. The second-order valence-corrected chi connectivity index (χ2v) is 3.99. The molecule has 1 aliphatic carbocycles. The summed E-state index contributed by atoms with van der Waals surface area (Å²) >= 11 is 0. The lowest BCUT2D eigenvalue weighted by Crippen LogP contribution is -2.40. The number of hydrogen-bond acceptors (Lipinski definition) is 1. The summed E-state index contributed by atoms with van der Waals surface area (Å²) in [5.74, 6) is -0.211. The van der Waals surface area contributed by atoms with E-state index in [1.165, 1.54) is 0 Å². The van der Waals surface area contributed by atoms with Gasteiger partial charge in [-0.3, -0.25) is 0 Å². The zero-order valence-electron chi connectivity index (χ0n) is 7.50. The van der Waals surface area contributed by atoms with Gasteiger partial charge in [-0.25, -0.2) is 8.78 Å². The van der Waals surface area contributed by atoms with E-state index in [-0.39, 0.29) is 18.3 Å². The Kier molecular flexibility index (Phi) is 3.04. The van der Waals surface area contributed by atoms with Gasteiger partial charge in [0.15, 0.2) is 0 Å². The van der Waals surface area contributed by atoms with Crippen LogP contribution in [0.25, 0.3) is 0 Å². The Morgan fingerprint density at radius 3 is 2.33 bits per heavy atom. The van der Waals surface area contributed by atoms with Crippen LogP contribution in [-0.4, -0.2) is 23.6 Å². The molecule has 1 saturated carbocycles. The van der Waals surface area contributed by atoms with Crippen LogP contribution in [0.15, 0.2) is 0 Å². The summed E-state index contributed by atoms with van der Waals surface area (Å²) < 4.78 is 26.1. The van der Waals surface area contributed by atoms with Gasteiger partial charge in [0.05, 0.1) is 6.10 Å². The maximum atomic E-state index is 13.2. The van der Waals surface area contributed by atoms with Crippen molar-refractivity contribution >= 4 is 0 Å². The Hall–Kier alpha value is -0.180. The van der Waals surface area contributed by atoms with Crippen LogP contribution in [0.2, 0.25) is 0 Å². The van der Waals surface area contributed by atoms with Gasteiger partial charge in [-0.05, 0) is 18.3 Å². The average Bonchev–Trinajstić information content (AvgIpc) is 1.96. The molecule has 1 nitrogen and oxygen atoms in total. The summed E-state index contributed by atoms with van der Waals surface area (Å²) in [5.41, 5.74) is 0. The third-order valence-corrected chi connectivity index (χ3v) is 2.65. The van der Waals surface area contributed by atoms with Gasteiger partial charge < -0.3 is 5.11 Å². The molecule has 0 aromatic heterocycles. The lowest BCUT2D eigenvalue weighted by Gasteiger charge is -2.34. The summed E-state index contributed by atoms with van der Waals surface area (Å²) in [4.78, 5) is 0. The largest absolute Gasteiger partial charge is 0.393 e. The molecule has 0 heterocycles. The number of aliphatic hydroxyl groups excluding tert-OH is 1. The number of halogens is 2. The SMILES string of the molecule is CC(C)C1CC(O)CC(F)C1F. The number of aliphatic hydroxyl groups is 1. The number of rotatable bonds is 1. The van der Waals surface area contributed by atoms with Crippen molar-refractivity contribution < 1.29 is 13.9 Å². The standard InChI is InChI=1S/C9H16F2O/c1-5(2)7-3-6(12)4-8(10)9(7)11/h5-9,12H,3-4H2,1-2H3. The summed E-state index contributed by atoms with van der Waals surface area (Å²) in [5, 5.41) is 9.21. The molecular weight excluding hydrogens is 162 g/mol. The fourth-order valence-electron chi connectivity index (χ4n) is 1.84. The molecule has 0 aromatic rings. The molecule has 1 aliphatic rings. The van der Waals surface area contributed by atoms with Gasteiger partial charge in [-0.2, -0.15) is 0 Å². The van der Waals surface area contributed by atoms with Gasteiger partial charge in [0.25, 0.3) is 0 Å². The third-order valence-electron chi connectivity index (χ3n) is 2.65. The highest BCUT2D eigenvalue weighted by atomic mass is 19.2.